The lowest BCUT2D eigenvalue weighted by Crippen LogP contribution is -2.21. The third kappa shape index (κ3) is 3.15. The molecule has 0 saturated heterocycles. The zero-order valence-electron chi connectivity index (χ0n) is 10.6. The summed E-state index contributed by atoms with van der Waals surface area (Å²) < 4.78 is 12.8. The summed E-state index contributed by atoms with van der Waals surface area (Å²) in [5.74, 6) is -0.290. The largest absolute Gasteiger partial charge is 0.304 e. The molecule has 96 valence electrons. The summed E-state index contributed by atoms with van der Waals surface area (Å²) in [4.78, 5) is 4.14. The Morgan fingerprint density at radius 3 is 2.78 bits per heavy atom. The first-order valence-electron chi connectivity index (χ1n) is 6.07. The highest BCUT2D eigenvalue weighted by molar-refractivity contribution is 7.08. The van der Waals surface area contributed by atoms with Crippen molar-refractivity contribution in [1.82, 2.24) is 10.3 Å². The number of pyridine rings is 1. The molecule has 0 aliphatic heterocycles. The van der Waals surface area contributed by atoms with Crippen LogP contribution in [0.4, 0.5) is 4.39 Å². The number of thiophene rings is 1. The normalized spacial score (nSPS) is 12.6. The maximum absolute atomic E-state index is 12.8. The van der Waals surface area contributed by atoms with E-state index >= 15 is 0 Å². The number of hydrogen-bond acceptors (Lipinski definition) is 3. The monoisotopic (exact) mass is 264 g/mol. The van der Waals surface area contributed by atoms with Gasteiger partial charge in [0.15, 0.2) is 0 Å². The van der Waals surface area contributed by atoms with E-state index in [1.807, 2.05) is 0 Å². The molecule has 2 heterocycles. The van der Waals surface area contributed by atoms with Gasteiger partial charge in [-0.3, -0.25) is 4.98 Å². The van der Waals surface area contributed by atoms with Crippen LogP contribution in [0.5, 0.6) is 0 Å². The second-order valence-electron chi connectivity index (χ2n) is 4.32. The van der Waals surface area contributed by atoms with Crippen molar-refractivity contribution < 1.29 is 4.39 Å². The van der Waals surface area contributed by atoms with Gasteiger partial charge in [0, 0.05) is 12.6 Å². The van der Waals surface area contributed by atoms with Gasteiger partial charge in [-0.1, -0.05) is 6.92 Å². The Bertz CT molecular complexity index is 493. The first kappa shape index (κ1) is 13.2. The highest BCUT2D eigenvalue weighted by atomic mass is 32.1. The average Bonchev–Trinajstić information content (AvgIpc) is 2.78. The third-order valence-electron chi connectivity index (χ3n) is 3.02. The topological polar surface area (TPSA) is 24.9 Å². The van der Waals surface area contributed by atoms with Crippen LogP contribution in [0.25, 0.3) is 0 Å². The van der Waals surface area contributed by atoms with Crippen LogP contribution in [0.15, 0.2) is 29.1 Å². The van der Waals surface area contributed by atoms with E-state index in [0.29, 0.717) is 0 Å². The molecule has 2 rings (SSSR count). The Labute approximate surface area is 111 Å². The minimum Gasteiger partial charge on any atom is -0.304 e. The summed E-state index contributed by atoms with van der Waals surface area (Å²) in [6.07, 6.45) is 2.21. The summed E-state index contributed by atoms with van der Waals surface area (Å²) in [5, 5.41) is 7.78. The fourth-order valence-corrected chi connectivity index (χ4v) is 2.71. The van der Waals surface area contributed by atoms with Gasteiger partial charge in [0.1, 0.15) is 5.82 Å². The fraction of sp³-hybridized carbons (Fsp3) is 0.357. The standard InChI is InChI=1S/C14H17FN2S/c1-3-13(14-5-4-12(15)7-17-14)16-6-11-9-18-8-10(11)2/h4-5,7-9,13,16H,3,6H2,1-2H3. The van der Waals surface area contributed by atoms with Crippen molar-refractivity contribution in [3.63, 3.8) is 0 Å². The molecule has 1 N–H and O–H groups in total. The summed E-state index contributed by atoms with van der Waals surface area (Å²) in [6, 6.07) is 3.38. The lowest BCUT2D eigenvalue weighted by molar-refractivity contribution is 0.504. The predicted molar refractivity (Wildman–Crippen MR) is 73.1 cm³/mol. The van der Waals surface area contributed by atoms with Crippen LogP contribution >= 0.6 is 11.3 Å². The van der Waals surface area contributed by atoms with E-state index in [1.165, 1.54) is 23.4 Å². The number of aryl methyl sites for hydroxylation is 1. The molecule has 0 fully saturated rings. The minimum absolute atomic E-state index is 0.171. The number of hydrogen-bond donors (Lipinski definition) is 1. The molecule has 0 amide bonds. The van der Waals surface area contributed by atoms with Crippen LogP contribution in [-0.4, -0.2) is 4.98 Å². The van der Waals surface area contributed by atoms with Crippen molar-refractivity contribution in [2.45, 2.75) is 32.9 Å². The van der Waals surface area contributed by atoms with Crippen LogP contribution in [0, 0.1) is 12.7 Å². The molecular formula is C14H17FN2S. The molecule has 1 unspecified atom stereocenters. The lowest BCUT2D eigenvalue weighted by Gasteiger charge is -2.16. The van der Waals surface area contributed by atoms with Gasteiger partial charge in [-0.15, -0.1) is 0 Å². The van der Waals surface area contributed by atoms with Crippen molar-refractivity contribution in [1.29, 1.82) is 0 Å². The molecule has 0 aliphatic carbocycles. The predicted octanol–water partition coefficient (Wildman–Crippen LogP) is 3.83. The zero-order chi connectivity index (χ0) is 13.0. The Morgan fingerprint density at radius 1 is 1.39 bits per heavy atom. The van der Waals surface area contributed by atoms with Crippen LogP contribution in [0.1, 0.15) is 36.2 Å². The van der Waals surface area contributed by atoms with E-state index in [4.69, 9.17) is 0 Å². The molecule has 2 nitrogen and oxygen atoms in total. The van der Waals surface area contributed by atoms with Crippen LogP contribution in [0.2, 0.25) is 0 Å². The van der Waals surface area contributed by atoms with Crippen molar-refractivity contribution in [2.24, 2.45) is 0 Å². The first-order chi connectivity index (χ1) is 8.70. The molecule has 2 aromatic heterocycles. The van der Waals surface area contributed by atoms with E-state index in [0.717, 1.165) is 18.7 Å². The van der Waals surface area contributed by atoms with Crippen LogP contribution < -0.4 is 5.32 Å². The Kier molecular flexibility index (Phi) is 4.44. The van der Waals surface area contributed by atoms with Gasteiger partial charge in [0.2, 0.25) is 0 Å². The van der Waals surface area contributed by atoms with Crippen molar-refractivity contribution in [3.8, 4) is 0 Å². The molecule has 0 bridgehead atoms. The van der Waals surface area contributed by atoms with Crippen LogP contribution in [-0.2, 0) is 6.54 Å². The molecular weight excluding hydrogens is 247 g/mol. The van der Waals surface area contributed by atoms with Crippen LogP contribution in [0.3, 0.4) is 0 Å². The Hall–Kier alpha value is -1.26. The molecule has 0 aromatic carbocycles. The molecule has 0 saturated carbocycles. The smallest absolute Gasteiger partial charge is 0.141 e. The molecule has 2 aromatic rings. The molecule has 4 heteroatoms. The molecule has 1 atom stereocenters. The number of halogens is 1. The van der Waals surface area contributed by atoms with Gasteiger partial charge in [0.05, 0.1) is 11.9 Å². The van der Waals surface area contributed by atoms with Gasteiger partial charge < -0.3 is 5.32 Å². The summed E-state index contributed by atoms with van der Waals surface area (Å²) in [7, 11) is 0. The number of nitrogens with zero attached hydrogens (tertiary/aromatic N) is 1. The quantitative estimate of drug-likeness (QED) is 0.887. The maximum atomic E-state index is 12.8. The van der Waals surface area contributed by atoms with Crippen molar-refractivity contribution in [3.05, 3.63) is 51.7 Å². The molecule has 0 radical (unpaired) electrons. The van der Waals surface area contributed by atoms with Crippen molar-refractivity contribution >= 4 is 11.3 Å². The summed E-state index contributed by atoms with van der Waals surface area (Å²) in [5.41, 5.74) is 3.53. The van der Waals surface area contributed by atoms with E-state index in [2.05, 4.69) is 34.9 Å². The first-order valence-corrected chi connectivity index (χ1v) is 7.01. The third-order valence-corrected chi connectivity index (χ3v) is 3.93. The minimum atomic E-state index is -0.290. The van der Waals surface area contributed by atoms with Gasteiger partial charge in [-0.2, -0.15) is 11.3 Å². The summed E-state index contributed by atoms with van der Waals surface area (Å²) >= 11 is 1.72. The highest BCUT2D eigenvalue weighted by Crippen LogP contribution is 2.18. The van der Waals surface area contributed by atoms with Gasteiger partial charge in [-0.05, 0) is 47.4 Å². The van der Waals surface area contributed by atoms with E-state index in [-0.39, 0.29) is 11.9 Å². The maximum Gasteiger partial charge on any atom is 0.141 e. The van der Waals surface area contributed by atoms with Crippen molar-refractivity contribution in [2.75, 3.05) is 0 Å². The number of aromatic nitrogens is 1. The number of rotatable bonds is 5. The highest BCUT2D eigenvalue weighted by Gasteiger charge is 2.11. The van der Waals surface area contributed by atoms with E-state index < -0.39 is 0 Å². The zero-order valence-corrected chi connectivity index (χ0v) is 11.4. The van der Waals surface area contributed by atoms with Gasteiger partial charge in [0.25, 0.3) is 0 Å². The molecule has 18 heavy (non-hydrogen) atoms. The Morgan fingerprint density at radius 2 is 2.22 bits per heavy atom. The van der Waals surface area contributed by atoms with Gasteiger partial charge >= 0.3 is 0 Å². The second-order valence-corrected chi connectivity index (χ2v) is 5.07. The average molecular weight is 264 g/mol. The SMILES string of the molecule is CCC(NCc1cscc1C)c1ccc(F)cn1. The lowest BCUT2D eigenvalue weighted by atomic mass is 10.1. The van der Waals surface area contributed by atoms with E-state index in [1.54, 1.807) is 17.4 Å². The second kappa shape index (κ2) is 6.07. The van der Waals surface area contributed by atoms with Gasteiger partial charge in [-0.25, -0.2) is 4.39 Å². The molecule has 0 aliphatic rings. The molecule has 0 spiro atoms. The summed E-state index contributed by atoms with van der Waals surface area (Å²) in [6.45, 7) is 5.04. The number of nitrogens with one attached hydrogen (secondary N) is 1. The van der Waals surface area contributed by atoms with E-state index in [9.17, 15) is 4.39 Å². The Balaban J connectivity index is 2.01. The fourth-order valence-electron chi connectivity index (χ4n) is 1.85.